The van der Waals surface area contributed by atoms with Crippen molar-refractivity contribution in [2.75, 3.05) is 4.90 Å². The molecule has 0 N–H and O–H groups in total. The summed E-state index contributed by atoms with van der Waals surface area (Å²) in [5.74, 6) is 0. The van der Waals surface area contributed by atoms with Gasteiger partial charge >= 0.3 is 0 Å². The van der Waals surface area contributed by atoms with E-state index in [-0.39, 0.29) is 0 Å². The highest BCUT2D eigenvalue weighted by molar-refractivity contribution is 5.97. The minimum Gasteiger partial charge on any atom is -0.313 e. The van der Waals surface area contributed by atoms with E-state index in [4.69, 9.17) is 0 Å². The summed E-state index contributed by atoms with van der Waals surface area (Å²) in [6.07, 6.45) is 11.4. The van der Waals surface area contributed by atoms with Crippen LogP contribution < -0.4 is 4.90 Å². The second-order valence-corrected chi connectivity index (χ2v) is 11.8. The molecule has 5 aromatic rings. The number of allylic oxidation sites excluding steroid dienone is 5. The van der Waals surface area contributed by atoms with Crippen molar-refractivity contribution in [1.29, 1.82) is 0 Å². The van der Waals surface area contributed by atoms with Gasteiger partial charge in [-0.1, -0.05) is 132 Å². The highest BCUT2D eigenvalue weighted by atomic mass is 15.2. The first-order valence-corrected chi connectivity index (χ1v) is 15.0. The molecule has 0 bridgehead atoms. The third kappa shape index (κ3) is 3.56. The molecule has 1 nitrogen and oxygen atoms in total. The maximum absolute atomic E-state index is 2.51. The third-order valence-electron chi connectivity index (χ3n) is 9.33. The molecule has 0 fully saturated rings. The number of anilines is 2. The molecule has 0 aromatic heterocycles. The highest BCUT2D eigenvalue weighted by Gasteiger charge is 2.47. The number of rotatable bonds is 3. The number of fused-ring (bicyclic) bond motifs is 5. The molecular weight excluding hydrogens is 506 g/mol. The normalized spacial score (nSPS) is 16.0. The highest BCUT2D eigenvalue weighted by Crippen LogP contribution is 2.59. The lowest BCUT2D eigenvalue weighted by Gasteiger charge is -2.35. The summed E-state index contributed by atoms with van der Waals surface area (Å²) in [6, 6.07) is 43.1. The van der Waals surface area contributed by atoms with Gasteiger partial charge in [-0.15, -0.1) is 0 Å². The minimum atomic E-state index is -0.410. The summed E-state index contributed by atoms with van der Waals surface area (Å²) >= 11 is 0. The van der Waals surface area contributed by atoms with Crippen LogP contribution in [0.15, 0.2) is 145 Å². The topological polar surface area (TPSA) is 3.24 Å². The SMILES string of the molecule is Cc1ccc(C2(c3ccc(C)cc3)c3ccccc3-c3c2ccc2c3C=CC3=C(CCC=C3)N2c2ccccc2)cc1. The maximum Gasteiger partial charge on any atom is 0.0713 e. The fourth-order valence-corrected chi connectivity index (χ4v) is 7.40. The van der Waals surface area contributed by atoms with Gasteiger partial charge in [0.15, 0.2) is 0 Å². The molecule has 1 aliphatic heterocycles. The van der Waals surface area contributed by atoms with E-state index in [1.807, 2.05) is 0 Å². The molecular formula is C41H33N. The molecule has 0 unspecified atom stereocenters. The fourth-order valence-electron chi connectivity index (χ4n) is 7.40. The Morgan fingerprint density at radius 2 is 1.26 bits per heavy atom. The Labute approximate surface area is 248 Å². The Morgan fingerprint density at radius 3 is 1.98 bits per heavy atom. The van der Waals surface area contributed by atoms with Gasteiger partial charge in [0.1, 0.15) is 0 Å². The smallest absolute Gasteiger partial charge is 0.0713 e. The van der Waals surface area contributed by atoms with Crippen molar-refractivity contribution in [2.45, 2.75) is 32.1 Å². The minimum absolute atomic E-state index is 0.410. The Morgan fingerprint density at radius 1 is 0.595 bits per heavy atom. The summed E-state index contributed by atoms with van der Waals surface area (Å²) < 4.78 is 0. The summed E-state index contributed by atoms with van der Waals surface area (Å²) in [5, 5.41) is 0. The van der Waals surface area contributed by atoms with E-state index in [1.54, 1.807) is 0 Å². The lowest BCUT2D eigenvalue weighted by atomic mass is 9.67. The van der Waals surface area contributed by atoms with E-state index in [2.05, 4.69) is 158 Å². The van der Waals surface area contributed by atoms with Gasteiger partial charge in [-0.3, -0.25) is 0 Å². The van der Waals surface area contributed by atoms with E-state index in [0.29, 0.717) is 0 Å². The van der Waals surface area contributed by atoms with Crippen LogP contribution in [0.2, 0.25) is 0 Å². The van der Waals surface area contributed by atoms with Crippen molar-refractivity contribution < 1.29 is 0 Å². The fraction of sp³-hybridized carbons (Fsp3) is 0.122. The Hall–Kier alpha value is -4.88. The molecule has 0 atom stereocenters. The summed E-state index contributed by atoms with van der Waals surface area (Å²) in [6.45, 7) is 4.34. The molecule has 0 radical (unpaired) electrons. The van der Waals surface area contributed by atoms with Crippen molar-refractivity contribution in [3.63, 3.8) is 0 Å². The van der Waals surface area contributed by atoms with Gasteiger partial charge in [-0.05, 0) is 83.8 Å². The lowest BCUT2D eigenvalue weighted by molar-refractivity contribution is 0.767. The Kier molecular flexibility index (Phi) is 5.69. The monoisotopic (exact) mass is 539 g/mol. The van der Waals surface area contributed by atoms with Gasteiger partial charge in [0.25, 0.3) is 0 Å². The van der Waals surface area contributed by atoms with Gasteiger partial charge in [0.05, 0.1) is 11.1 Å². The second kappa shape index (κ2) is 9.60. The molecule has 5 aromatic carbocycles. The van der Waals surface area contributed by atoms with Gasteiger partial charge in [-0.2, -0.15) is 0 Å². The van der Waals surface area contributed by atoms with Crippen molar-refractivity contribution >= 4 is 17.5 Å². The first-order chi connectivity index (χ1) is 20.7. The van der Waals surface area contributed by atoms with Crippen LogP contribution in [-0.4, -0.2) is 0 Å². The maximum atomic E-state index is 2.51. The predicted octanol–water partition coefficient (Wildman–Crippen LogP) is 10.4. The quantitative estimate of drug-likeness (QED) is 0.216. The van der Waals surface area contributed by atoms with Crippen LogP contribution in [-0.2, 0) is 5.41 Å². The molecule has 42 heavy (non-hydrogen) atoms. The molecule has 3 aliphatic rings. The van der Waals surface area contributed by atoms with E-state index in [9.17, 15) is 0 Å². The van der Waals surface area contributed by atoms with Gasteiger partial charge in [-0.25, -0.2) is 0 Å². The van der Waals surface area contributed by atoms with Gasteiger partial charge in [0.2, 0.25) is 0 Å². The van der Waals surface area contributed by atoms with Crippen molar-refractivity contribution in [3.05, 3.63) is 184 Å². The van der Waals surface area contributed by atoms with E-state index < -0.39 is 5.41 Å². The first-order valence-electron chi connectivity index (χ1n) is 15.0. The summed E-state index contributed by atoms with van der Waals surface area (Å²) in [7, 11) is 0. The standard InChI is InChI=1S/C41H33N/c1-28-16-21-31(22-17-28)41(32-23-18-29(2)19-24-32)36-14-8-7-13-34(36)40-35-25-20-30-10-6-9-15-38(30)42(33-11-4-3-5-12-33)39(35)27-26-37(40)41/h3-8,10-14,16-27H,9,15H2,1-2H3. The number of nitrogens with zero attached hydrogens (tertiary/aromatic N) is 1. The number of aryl methyl sites for hydroxylation is 2. The lowest BCUT2D eigenvalue weighted by Crippen LogP contribution is -2.28. The van der Waals surface area contributed by atoms with Crippen molar-refractivity contribution in [1.82, 2.24) is 0 Å². The Balaban J connectivity index is 1.48. The van der Waals surface area contributed by atoms with Gasteiger partial charge in [0, 0.05) is 16.9 Å². The van der Waals surface area contributed by atoms with Gasteiger partial charge < -0.3 is 4.90 Å². The van der Waals surface area contributed by atoms with Crippen LogP contribution in [0.1, 0.15) is 51.8 Å². The van der Waals surface area contributed by atoms with Crippen LogP contribution >= 0.6 is 0 Å². The van der Waals surface area contributed by atoms with Crippen LogP contribution in [0.25, 0.3) is 17.2 Å². The summed E-state index contributed by atoms with van der Waals surface area (Å²) in [5.41, 5.74) is 16.5. The van der Waals surface area contributed by atoms with Crippen LogP contribution in [0, 0.1) is 13.8 Å². The van der Waals surface area contributed by atoms with E-state index in [0.717, 1.165) is 12.8 Å². The van der Waals surface area contributed by atoms with E-state index >= 15 is 0 Å². The zero-order valence-electron chi connectivity index (χ0n) is 24.1. The van der Waals surface area contributed by atoms with Crippen LogP contribution in [0.3, 0.4) is 0 Å². The zero-order valence-corrected chi connectivity index (χ0v) is 24.1. The number of benzene rings is 5. The van der Waals surface area contributed by atoms with E-state index in [1.165, 1.54) is 72.7 Å². The molecule has 0 spiro atoms. The molecule has 0 saturated carbocycles. The van der Waals surface area contributed by atoms with Crippen molar-refractivity contribution in [2.24, 2.45) is 0 Å². The average Bonchev–Trinajstić information content (AvgIpc) is 3.22. The van der Waals surface area contributed by atoms with Crippen LogP contribution in [0.5, 0.6) is 0 Å². The molecule has 1 heterocycles. The third-order valence-corrected chi connectivity index (χ3v) is 9.33. The molecule has 0 amide bonds. The summed E-state index contributed by atoms with van der Waals surface area (Å²) in [4.78, 5) is 2.51. The zero-order chi connectivity index (χ0) is 28.3. The number of hydrogen-bond donors (Lipinski definition) is 0. The Bertz CT molecular complexity index is 1870. The second-order valence-electron chi connectivity index (χ2n) is 11.8. The molecule has 202 valence electrons. The van der Waals surface area contributed by atoms with Crippen molar-refractivity contribution in [3.8, 4) is 11.1 Å². The first kappa shape index (κ1) is 24.9. The average molecular weight is 540 g/mol. The number of hydrogen-bond acceptors (Lipinski definition) is 1. The molecule has 1 heteroatoms. The van der Waals surface area contributed by atoms with Crippen LogP contribution in [0.4, 0.5) is 11.4 Å². The molecule has 2 aliphatic carbocycles. The number of para-hydroxylation sites is 1. The largest absolute Gasteiger partial charge is 0.313 e. The molecule has 0 saturated heterocycles. The predicted molar refractivity (Wildman–Crippen MR) is 176 cm³/mol. The molecule has 8 rings (SSSR count).